The molecule has 0 bridgehead atoms. The minimum absolute atomic E-state index is 0.0467. The van der Waals surface area contributed by atoms with Crippen molar-refractivity contribution in [1.82, 2.24) is 20.1 Å². The van der Waals surface area contributed by atoms with E-state index < -0.39 is 29.8 Å². The lowest BCUT2D eigenvalue weighted by Crippen LogP contribution is -2.54. The minimum Gasteiger partial charge on any atom is -0.474 e. The zero-order chi connectivity index (χ0) is 24.5. The molecule has 1 N–H and O–H groups in total. The molecule has 0 unspecified atom stereocenters. The fourth-order valence-electron chi connectivity index (χ4n) is 3.95. The van der Waals surface area contributed by atoms with Gasteiger partial charge in [-0.25, -0.2) is 9.78 Å². The van der Waals surface area contributed by atoms with Crippen molar-refractivity contribution >= 4 is 33.6 Å². The number of hydrogen-bond donors (Lipinski definition) is 1. The standard InChI is InChI=1S/C22H23F3N4O4S/c1-3-6-28-10-14(11-28)33-21(31)29-7-4-13(5-8-29)32-17-9-16(22(23,24)25)19-18(27-17)15(12-34-19)20(30)26-2/h1,9,12-14H,4-8,10-11H2,2H3,(H,26,30). The summed E-state index contributed by atoms with van der Waals surface area (Å²) in [6.45, 7) is 2.42. The summed E-state index contributed by atoms with van der Waals surface area (Å²) in [5.41, 5.74) is -0.879. The molecule has 2 saturated heterocycles. The predicted octanol–water partition coefficient (Wildman–Crippen LogP) is 2.97. The van der Waals surface area contributed by atoms with E-state index in [1.54, 1.807) is 4.90 Å². The van der Waals surface area contributed by atoms with Crippen molar-refractivity contribution in [3.8, 4) is 18.2 Å². The van der Waals surface area contributed by atoms with Crippen molar-refractivity contribution in [2.24, 2.45) is 0 Å². The average Bonchev–Trinajstić information content (AvgIpc) is 3.20. The van der Waals surface area contributed by atoms with Crippen LogP contribution in [0.4, 0.5) is 18.0 Å². The van der Waals surface area contributed by atoms with E-state index in [-0.39, 0.29) is 27.8 Å². The third-order valence-electron chi connectivity index (χ3n) is 5.77. The number of aromatic nitrogens is 1. The smallest absolute Gasteiger partial charge is 0.418 e. The zero-order valence-corrected chi connectivity index (χ0v) is 19.2. The molecule has 0 saturated carbocycles. The number of hydrogen-bond acceptors (Lipinski definition) is 7. The lowest BCUT2D eigenvalue weighted by atomic mass is 10.1. The van der Waals surface area contributed by atoms with Gasteiger partial charge in [-0.3, -0.25) is 9.69 Å². The van der Waals surface area contributed by atoms with Gasteiger partial charge in [0.2, 0.25) is 5.88 Å². The fraction of sp³-hybridized carbons (Fsp3) is 0.500. The van der Waals surface area contributed by atoms with Crippen LogP contribution in [0.2, 0.25) is 0 Å². The Morgan fingerprint density at radius 2 is 2.00 bits per heavy atom. The van der Waals surface area contributed by atoms with Crippen LogP contribution in [0, 0.1) is 12.3 Å². The van der Waals surface area contributed by atoms with E-state index in [9.17, 15) is 22.8 Å². The molecule has 2 amide bonds. The van der Waals surface area contributed by atoms with Gasteiger partial charge in [-0.1, -0.05) is 5.92 Å². The number of piperidine rings is 1. The molecular weight excluding hydrogens is 473 g/mol. The van der Waals surface area contributed by atoms with Gasteiger partial charge in [0.1, 0.15) is 12.2 Å². The summed E-state index contributed by atoms with van der Waals surface area (Å²) in [6.07, 6.45) is 0.414. The van der Waals surface area contributed by atoms with Crippen molar-refractivity contribution in [1.29, 1.82) is 0 Å². The Morgan fingerprint density at radius 3 is 2.62 bits per heavy atom. The first kappa shape index (κ1) is 24.1. The number of carbonyl (C=O) groups is 2. The molecule has 4 rings (SSSR count). The molecule has 2 aliphatic heterocycles. The summed E-state index contributed by atoms with van der Waals surface area (Å²) in [5.74, 6) is 1.81. The number of amides is 2. The van der Waals surface area contributed by atoms with Crippen molar-refractivity contribution in [3.63, 3.8) is 0 Å². The molecule has 0 atom stereocenters. The van der Waals surface area contributed by atoms with E-state index in [1.807, 2.05) is 4.90 Å². The third kappa shape index (κ3) is 5.05. The number of pyridine rings is 1. The summed E-state index contributed by atoms with van der Waals surface area (Å²) < 4.78 is 52.1. The van der Waals surface area contributed by atoms with Crippen LogP contribution in [0.3, 0.4) is 0 Å². The molecule has 2 aromatic rings. The van der Waals surface area contributed by atoms with Gasteiger partial charge in [-0.15, -0.1) is 17.8 Å². The number of ether oxygens (including phenoxy) is 2. The highest BCUT2D eigenvalue weighted by atomic mass is 32.1. The highest BCUT2D eigenvalue weighted by Gasteiger charge is 2.36. The van der Waals surface area contributed by atoms with Crippen molar-refractivity contribution in [3.05, 3.63) is 22.6 Å². The number of halogens is 3. The topological polar surface area (TPSA) is 84.0 Å². The monoisotopic (exact) mass is 496 g/mol. The summed E-state index contributed by atoms with van der Waals surface area (Å²) in [7, 11) is 1.40. The number of carbonyl (C=O) groups excluding carboxylic acids is 2. The Kier molecular flexibility index (Phi) is 6.86. The van der Waals surface area contributed by atoms with Crippen LogP contribution in [-0.4, -0.2) is 78.8 Å². The Bertz CT molecular complexity index is 1120. The van der Waals surface area contributed by atoms with E-state index in [0.29, 0.717) is 45.6 Å². The van der Waals surface area contributed by atoms with Gasteiger partial charge >= 0.3 is 12.3 Å². The predicted molar refractivity (Wildman–Crippen MR) is 119 cm³/mol. The second-order valence-electron chi connectivity index (χ2n) is 8.12. The van der Waals surface area contributed by atoms with Gasteiger partial charge < -0.3 is 19.7 Å². The molecule has 0 aromatic carbocycles. The zero-order valence-electron chi connectivity index (χ0n) is 18.4. The van der Waals surface area contributed by atoms with E-state index in [4.69, 9.17) is 15.9 Å². The lowest BCUT2D eigenvalue weighted by molar-refractivity contribution is -0.136. The van der Waals surface area contributed by atoms with Crippen LogP contribution >= 0.6 is 11.3 Å². The number of thiophene rings is 1. The molecule has 8 nitrogen and oxygen atoms in total. The second-order valence-corrected chi connectivity index (χ2v) is 9.00. The maximum atomic E-state index is 13.7. The van der Waals surface area contributed by atoms with Gasteiger partial charge in [-0.05, 0) is 0 Å². The Hall–Kier alpha value is -3.04. The quantitative estimate of drug-likeness (QED) is 0.641. The molecular formula is C22H23F3N4O4S. The van der Waals surface area contributed by atoms with Crippen molar-refractivity contribution in [2.45, 2.75) is 31.2 Å². The fourth-order valence-corrected chi connectivity index (χ4v) is 4.97. The van der Waals surface area contributed by atoms with Gasteiger partial charge in [0, 0.05) is 57.5 Å². The molecule has 0 radical (unpaired) electrons. The second kappa shape index (κ2) is 9.68. The highest BCUT2D eigenvalue weighted by molar-refractivity contribution is 7.17. The summed E-state index contributed by atoms with van der Waals surface area (Å²) >= 11 is 0.814. The summed E-state index contributed by atoms with van der Waals surface area (Å²) in [5, 5.41) is 3.76. The first-order valence-electron chi connectivity index (χ1n) is 10.7. The number of nitrogens with zero attached hydrogens (tertiary/aromatic N) is 3. The maximum absolute atomic E-state index is 13.7. The van der Waals surface area contributed by atoms with Crippen LogP contribution < -0.4 is 10.1 Å². The van der Waals surface area contributed by atoms with Gasteiger partial charge in [0.25, 0.3) is 5.91 Å². The molecule has 2 aromatic heterocycles. The van der Waals surface area contributed by atoms with Crippen molar-refractivity contribution < 1.29 is 32.2 Å². The minimum atomic E-state index is -4.63. The van der Waals surface area contributed by atoms with Crippen LogP contribution in [0.15, 0.2) is 11.4 Å². The number of rotatable bonds is 5. The first-order valence-corrected chi connectivity index (χ1v) is 11.6. The Morgan fingerprint density at radius 1 is 1.29 bits per heavy atom. The van der Waals surface area contributed by atoms with Gasteiger partial charge in [-0.2, -0.15) is 13.2 Å². The maximum Gasteiger partial charge on any atom is 0.418 e. The first-order chi connectivity index (χ1) is 16.2. The van der Waals surface area contributed by atoms with Crippen LogP contribution in [-0.2, 0) is 10.9 Å². The molecule has 4 heterocycles. The normalized spacial score (nSPS) is 17.8. The van der Waals surface area contributed by atoms with Crippen LogP contribution in [0.5, 0.6) is 5.88 Å². The Labute approximate surface area is 198 Å². The Balaban J connectivity index is 1.40. The number of fused-ring (bicyclic) bond motifs is 1. The largest absolute Gasteiger partial charge is 0.474 e. The molecule has 0 aliphatic carbocycles. The van der Waals surface area contributed by atoms with E-state index in [2.05, 4.69) is 16.2 Å². The van der Waals surface area contributed by atoms with Gasteiger partial charge in [0.05, 0.1) is 27.9 Å². The van der Waals surface area contributed by atoms with Gasteiger partial charge in [0.15, 0.2) is 0 Å². The molecule has 0 spiro atoms. The lowest BCUT2D eigenvalue weighted by Gasteiger charge is -2.39. The van der Waals surface area contributed by atoms with E-state index in [0.717, 1.165) is 17.4 Å². The number of nitrogens with one attached hydrogen (secondary N) is 1. The van der Waals surface area contributed by atoms with Crippen LogP contribution in [0.1, 0.15) is 28.8 Å². The molecule has 34 heavy (non-hydrogen) atoms. The van der Waals surface area contributed by atoms with E-state index in [1.165, 1.54) is 12.4 Å². The van der Waals surface area contributed by atoms with Crippen LogP contribution in [0.25, 0.3) is 10.2 Å². The number of terminal acetylenes is 1. The summed E-state index contributed by atoms with van der Waals surface area (Å²) in [4.78, 5) is 32.2. The number of likely N-dealkylation sites (tertiary alicyclic amines) is 2. The third-order valence-corrected chi connectivity index (χ3v) is 6.77. The number of alkyl halides is 3. The SMILES string of the molecule is C#CCN1CC(OC(=O)N2CCC(Oc3cc(C(F)(F)F)c4scc(C(=O)NC)c4n3)CC2)C1. The van der Waals surface area contributed by atoms with Crippen molar-refractivity contribution in [2.75, 3.05) is 39.8 Å². The molecule has 12 heteroatoms. The summed E-state index contributed by atoms with van der Waals surface area (Å²) in [6, 6.07) is 0.867. The average molecular weight is 497 g/mol. The molecule has 2 aliphatic rings. The molecule has 2 fully saturated rings. The molecule has 182 valence electrons. The van der Waals surface area contributed by atoms with E-state index >= 15 is 0 Å². The highest BCUT2D eigenvalue weighted by Crippen LogP contribution is 2.40.